The van der Waals surface area contributed by atoms with Crippen molar-refractivity contribution >= 4 is 5.91 Å². The van der Waals surface area contributed by atoms with Gasteiger partial charge in [0.2, 0.25) is 0 Å². The third-order valence-electron chi connectivity index (χ3n) is 5.56. The fraction of sp³-hybridized carbons (Fsp3) is 0.400. The molecule has 1 aliphatic carbocycles. The first-order valence-corrected chi connectivity index (χ1v) is 9.11. The Morgan fingerprint density at radius 2 is 2.22 bits per heavy atom. The summed E-state index contributed by atoms with van der Waals surface area (Å²) < 4.78 is 10.5. The average molecular weight is 366 g/mol. The molecule has 1 saturated carbocycles. The van der Waals surface area contributed by atoms with Crippen molar-refractivity contribution in [2.24, 2.45) is 5.92 Å². The lowest BCUT2D eigenvalue weighted by Crippen LogP contribution is -2.44. The van der Waals surface area contributed by atoms with Gasteiger partial charge in [0.15, 0.2) is 0 Å². The summed E-state index contributed by atoms with van der Waals surface area (Å²) in [6.45, 7) is 0. The van der Waals surface area contributed by atoms with Crippen molar-refractivity contribution in [1.29, 1.82) is 5.26 Å². The van der Waals surface area contributed by atoms with Crippen molar-refractivity contribution in [1.82, 2.24) is 16.2 Å². The van der Waals surface area contributed by atoms with Gasteiger partial charge < -0.3 is 14.5 Å². The minimum atomic E-state index is -0.168. The molecule has 1 saturated heterocycles. The molecule has 1 aromatic carbocycles. The maximum Gasteiger partial charge on any atom is 0.255 e. The van der Waals surface area contributed by atoms with Gasteiger partial charge in [-0.3, -0.25) is 10.2 Å². The SMILES string of the molecule is COc1cc(C#N)ccc1C(=O)NC1CCC2NNC(c3ccoc3)C2C1. The number of nitrogens with one attached hydrogen (secondary N) is 3. The third-order valence-corrected chi connectivity index (χ3v) is 5.56. The molecule has 0 bridgehead atoms. The van der Waals surface area contributed by atoms with Gasteiger partial charge in [-0.1, -0.05) is 0 Å². The molecule has 1 aromatic heterocycles. The second-order valence-electron chi connectivity index (χ2n) is 7.10. The molecule has 2 heterocycles. The van der Waals surface area contributed by atoms with E-state index in [0.717, 1.165) is 24.8 Å². The highest BCUT2D eigenvalue weighted by molar-refractivity contribution is 5.97. The first kappa shape index (κ1) is 17.6. The number of hydrazine groups is 1. The summed E-state index contributed by atoms with van der Waals surface area (Å²) in [4.78, 5) is 12.8. The number of nitriles is 1. The molecule has 1 aliphatic heterocycles. The molecule has 4 rings (SSSR count). The first-order chi connectivity index (χ1) is 13.2. The van der Waals surface area contributed by atoms with E-state index in [4.69, 9.17) is 14.4 Å². The van der Waals surface area contributed by atoms with E-state index in [1.54, 1.807) is 30.7 Å². The van der Waals surface area contributed by atoms with Gasteiger partial charge in [-0.25, -0.2) is 5.43 Å². The Morgan fingerprint density at radius 3 is 2.96 bits per heavy atom. The number of carbonyl (C=O) groups is 1. The number of ether oxygens (including phenoxy) is 1. The van der Waals surface area contributed by atoms with Crippen LogP contribution in [-0.4, -0.2) is 25.1 Å². The molecule has 2 aliphatic rings. The smallest absolute Gasteiger partial charge is 0.255 e. The summed E-state index contributed by atoms with van der Waals surface area (Å²) in [6, 6.07) is 9.57. The van der Waals surface area contributed by atoms with Crippen LogP contribution in [0.1, 0.15) is 46.8 Å². The monoisotopic (exact) mass is 366 g/mol. The van der Waals surface area contributed by atoms with Crippen LogP contribution < -0.4 is 20.9 Å². The number of furan rings is 1. The first-order valence-electron chi connectivity index (χ1n) is 9.11. The zero-order valence-electron chi connectivity index (χ0n) is 15.1. The Bertz CT molecular complexity index is 859. The molecular formula is C20H22N4O3. The summed E-state index contributed by atoms with van der Waals surface area (Å²) in [5.74, 6) is 0.629. The molecule has 140 valence electrons. The largest absolute Gasteiger partial charge is 0.496 e. The Hall–Kier alpha value is -2.82. The second kappa shape index (κ2) is 7.43. The average Bonchev–Trinajstić information content (AvgIpc) is 3.36. The lowest BCUT2D eigenvalue weighted by molar-refractivity contribution is 0.0912. The highest BCUT2D eigenvalue weighted by Gasteiger charge is 2.41. The van der Waals surface area contributed by atoms with Gasteiger partial charge in [0, 0.05) is 17.6 Å². The predicted octanol–water partition coefficient (Wildman–Crippen LogP) is 2.28. The molecule has 7 nitrogen and oxygen atoms in total. The normalized spacial score (nSPS) is 26.8. The number of nitrogens with zero attached hydrogens (tertiary/aromatic N) is 1. The van der Waals surface area contributed by atoms with Crippen LogP contribution in [0.3, 0.4) is 0 Å². The van der Waals surface area contributed by atoms with Crippen LogP contribution in [0.25, 0.3) is 0 Å². The van der Waals surface area contributed by atoms with Gasteiger partial charge in [0.25, 0.3) is 5.91 Å². The van der Waals surface area contributed by atoms with Crippen LogP contribution in [0.15, 0.2) is 41.2 Å². The number of rotatable bonds is 4. The van der Waals surface area contributed by atoms with Crippen LogP contribution in [-0.2, 0) is 0 Å². The lowest BCUT2D eigenvalue weighted by Gasteiger charge is -2.33. The Kier molecular flexibility index (Phi) is 4.84. The molecule has 1 amide bonds. The quantitative estimate of drug-likeness (QED) is 0.768. The van der Waals surface area contributed by atoms with Crippen molar-refractivity contribution in [2.75, 3.05) is 7.11 Å². The van der Waals surface area contributed by atoms with Crippen molar-refractivity contribution in [3.05, 3.63) is 53.5 Å². The summed E-state index contributed by atoms with van der Waals surface area (Å²) in [7, 11) is 1.50. The fourth-order valence-electron chi connectivity index (χ4n) is 4.18. The summed E-state index contributed by atoms with van der Waals surface area (Å²) >= 11 is 0. The maximum atomic E-state index is 12.8. The minimum absolute atomic E-state index is 0.0928. The van der Waals surface area contributed by atoms with Crippen LogP contribution in [0.4, 0.5) is 0 Å². The molecule has 7 heteroatoms. The van der Waals surface area contributed by atoms with Gasteiger partial charge in [0.05, 0.1) is 42.9 Å². The van der Waals surface area contributed by atoms with Crippen molar-refractivity contribution in [3.63, 3.8) is 0 Å². The summed E-state index contributed by atoms with van der Waals surface area (Å²) in [5, 5.41) is 12.2. The van der Waals surface area contributed by atoms with E-state index in [2.05, 4.69) is 22.2 Å². The standard InChI is InChI=1S/C20H22N4O3/c1-26-18-8-12(10-21)2-4-15(18)20(25)22-14-3-5-17-16(9-14)19(24-23-17)13-6-7-27-11-13/h2,4,6-8,11,14,16-17,19,23-24H,3,5,9H2,1H3,(H,22,25). The topological polar surface area (TPSA) is 99.3 Å². The van der Waals surface area contributed by atoms with Crippen LogP contribution in [0.5, 0.6) is 5.75 Å². The number of amides is 1. The molecular weight excluding hydrogens is 344 g/mol. The Balaban J connectivity index is 1.46. The number of carbonyl (C=O) groups excluding carboxylic acids is 1. The van der Waals surface area contributed by atoms with Gasteiger partial charge in [-0.2, -0.15) is 5.26 Å². The van der Waals surface area contributed by atoms with E-state index >= 15 is 0 Å². The van der Waals surface area contributed by atoms with Crippen molar-refractivity contribution in [2.45, 2.75) is 37.4 Å². The van der Waals surface area contributed by atoms with Crippen molar-refractivity contribution in [3.8, 4) is 11.8 Å². The van der Waals surface area contributed by atoms with E-state index in [9.17, 15) is 4.79 Å². The van der Waals surface area contributed by atoms with E-state index in [1.165, 1.54) is 7.11 Å². The molecule has 2 aromatic rings. The Morgan fingerprint density at radius 1 is 1.33 bits per heavy atom. The Labute approximate surface area is 157 Å². The molecule has 0 radical (unpaired) electrons. The van der Waals surface area contributed by atoms with Crippen LogP contribution in [0.2, 0.25) is 0 Å². The predicted molar refractivity (Wildman–Crippen MR) is 97.8 cm³/mol. The van der Waals surface area contributed by atoms with Gasteiger partial charge in [-0.15, -0.1) is 0 Å². The zero-order chi connectivity index (χ0) is 18.8. The van der Waals surface area contributed by atoms with Gasteiger partial charge >= 0.3 is 0 Å². The number of hydrogen-bond acceptors (Lipinski definition) is 6. The third kappa shape index (κ3) is 3.42. The van der Waals surface area contributed by atoms with Crippen LogP contribution in [0, 0.1) is 17.2 Å². The van der Waals surface area contributed by atoms with E-state index in [0.29, 0.717) is 28.8 Å². The number of hydrogen-bond donors (Lipinski definition) is 3. The van der Waals surface area contributed by atoms with Crippen molar-refractivity contribution < 1.29 is 13.9 Å². The summed E-state index contributed by atoms with van der Waals surface area (Å²) in [5.41, 5.74) is 8.78. The van der Waals surface area contributed by atoms with Gasteiger partial charge in [0.1, 0.15) is 5.75 Å². The highest BCUT2D eigenvalue weighted by Crippen LogP contribution is 2.38. The maximum absolute atomic E-state index is 12.8. The number of benzene rings is 1. The highest BCUT2D eigenvalue weighted by atomic mass is 16.5. The molecule has 3 N–H and O–H groups in total. The molecule has 4 unspecified atom stereocenters. The number of methoxy groups -OCH3 is 1. The lowest BCUT2D eigenvalue weighted by atomic mass is 9.77. The minimum Gasteiger partial charge on any atom is -0.496 e. The summed E-state index contributed by atoms with van der Waals surface area (Å²) in [6.07, 6.45) is 6.24. The molecule has 0 spiro atoms. The molecule has 4 atom stereocenters. The van der Waals surface area contributed by atoms with Gasteiger partial charge in [-0.05, 0) is 49.4 Å². The van der Waals surface area contributed by atoms with E-state index in [-0.39, 0.29) is 18.0 Å². The zero-order valence-corrected chi connectivity index (χ0v) is 15.1. The number of fused-ring (bicyclic) bond motifs is 1. The second-order valence-corrected chi connectivity index (χ2v) is 7.10. The molecule has 2 fully saturated rings. The van der Waals surface area contributed by atoms with E-state index in [1.807, 2.05) is 6.07 Å². The van der Waals surface area contributed by atoms with Crippen LogP contribution >= 0.6 is 0 Å². The molecule has 27 heavy (non-hydrogen) atoms. The fourth-order valence-corrected chi connectivity index (χ4v) is 4.18. The van der Waals surface area contributed by atoms with E-state index < -0.39 is 0 Å².